The number of benzene rings is 1. The van der Waals surface area contributed by atoms with Gasteiger partial charge in [-0.05, 0) is 17.5 Å². The van der Waals surface area contributed by atoms with E-state index in [0.717, 1.165) is 19.3 Å². The number of hydrogen-bond acceptors (Lipinski definition) is 2. The summed E-state index contributed by atoms with van der Waals surface area (Å²) in [7, 11) is 3.44. The second kappa shape index (κ2) is 3.71. The summed E-state index contributed by atoms with van der Waals surface area (Å²) in [5.41, 5.74) is 2.78. The second-order valence-electron chi connectivity index (χ2n) is 3.76. The van der Waals surface area contributed by atoms with Gasteiger partial charge in [0.1, 0.15) is 0 Å². The van der Waals surface area contributed by atoms with E-state index >= 15 is 0 Å². The molecular weight excluding hydrogens is 176 g/mol. The highest BCUT2D eigenvalue weighted by Gasteiger charge is 2.33. The summed E-state index contributed by atoms with van der Waals surface area (Å²) >= 11 is 0. The first-order chi connectivity index (χ1) is 6.79. The van der Waals surface area contributed by atoms with Crippen molar-refractivity contribution in [3.63, 3.8) is 0 Å². The van der Waals surface area contributed by atoms with Gasteiger partial charge in [0.05, 0.1) is 0 Å². The van der Waals surface area contributed by atoms with Crippen molar-refractivity contribution >= 4 is 0 Å². The summed E-state index contributed by atoms with van der Waals surface area (Å²) in [5.74, 6) is -0.394. The summed E-state index contributed by atoms with van der Waals surface area (Å²) in [6, 6.07) is 8.50. The fourth-order valence-electron chi connectivity index (χ4n) is 2.11. The van der Waals surface area contributed by atoms with Gasteiger partial charge in [0.25, 0.3) is 0 Å². The van der Waals surface area contributed by atoms with Crippen LogP contribution in [0.3, 0.4) is 0 Å². The molecule has 0 spiro atoms. The lowest BCUT2D eigenvalue weighted by Crippen LogP contribution is -2.39. The normalized spacial score (nSPS) is 19.0. The molecule has 76 valence electrons. The van der Waals surface area contributed by atoms with Gasteiger partial charge in [0.2, 0.25) is 0 Å². The predicted molar refractivity (Wildman–Crippen MR) is 55.2 cm³/mol. The van der Waals surface area contributed by atoms with Crippen molar-refractivity contribution in [2.75, 3.05) is 14.2 Å². The van der Waals surface area contributed by atoms with E-state index in [1.165, 1.54) is 11.1 Å². The molecule has 0 atom stereocenters. The van der Waals surface area contributed by atoms with Gasteiger partial charge in [-0.2, -0.15) is 0 Å². The van der Waals surface area contributed by atoms with E-state index in [0.29, 0.717) is 0 Å². The van der Waals surface area contributed by atoms with Crippen LogP contribution >= 0.6 is 0 Å². The highest BCUT2D eigenvalue weighted by molar-refractivity contribution is 5.30. The SMILES string of the molecule is COC1(OC)CCc2ccccc2C1. The second-order valence-corrected chi connectivity index (χ2v) is 3.76. The van der Waals surface area contributed by atoms with Crippen LogP contribution in [-0.2, 0) is 22.3 Å². The van der Waals surface area contributed by atoms with Gasteiger partial charge in [0, 0.05) is 27.1 Å². The van der Waals surface area contributed by atoms with Crippen molar-refractivity contribution in [1.82, 2.24) is 0 Å². The Morgan fingerprint density at radius 1 is 1.07 bits per heavy atom. The van der Waals surface area contributed by atoms with Crippen LogP contribution in [0.5, 0.6) is 0 Å². The number of rotatable bonds is 2. The van der Waals surface area contributed by atoms with Crippen LogP contribution in [0.2, 0.25) is 0 Å². The van der Waals surface area contributed by atoms with E-state index < -0.39 is 5.79 Å². The van der Waals surface area contributed by atoms with Crippen LogP contribution in [-0.4, -0.2) is 20.0 Å². The van der Waals surface area contributed by atoms with Gasteiger partial charge in [-0.3, -0.25) is 0 Å². The lowest BCUT2D eigenvalue weighted by Gasteiger charge is -2.35. The third-order valence-corrected chi connectivity index (χ3v) is 3.10. The van der Waals surface area contributed by atoms with Crippen LogP contribution in [0, 0.1) is 0 Å². The van der Waals surface area contributed by atoms with Gasteiger partial charge in [-0.15, -0.1) is 0 Å². The molecule has 1 aromatic carbocycles. The Bertz CT molecular complexity index is 316. The van der Waals surface area contributed by atoms with E-state index in [4.69, 9.17) is 9.47 Å². The van der Waals surface area contributed by atoms with Crippen molar-refractivity contribution in [3.8, 4) is 0 Å². The number of ether oxygens (including phenoxy) is 2. The number of methoxy groups -OCH3 is 2. The standard InChI is InChI=1S/C12H16O2/c1-13-12(14-2)8-7-10-5-3-4-6-11(10)9-12/h3-6H,7-9H2,1-2H3. The topological polar surface area (TPSA) is 18.5 Å². The van der Waals surface area contributed by atoms with Gasteiger partial charge < -0.3 is 9.47 Å². The van der Waals surface area contributed by atoms with E-state index in [-0.39, 0.29) is 0 Å². The Morgan fingerprint density at radius 3 is 2.36 bits per heavy atom. The minimum absolute atomic E-state index is 0.394. The van der Waals surface area contributed by atoms with Gasteiger partial charge >= 0.3 is 0 Å². The van der Waals surface area contributed by atoms with E-state index in [1.807, 2.05) is 0 Å². The summed E-state index contributed by atoms with van der Waals surface area (Å²) in [4.78, 5) is 0. The average molecular weight is 192 g/mol. The molecule has 2 rings (SSSR count). The molecular formula is C12H16O2. The molecule has 0 N–H and O–H groups in total. The highest BCUT2D eigenvalue weighted by atomic mass is 16.7. The van der Waals surface area contributed by atoms with E-state index in [2.05, 4.69) is 24.3 Å². The molecule has 1 aliphatic rings. The molecule has 0 unspecified atom stereocenters. The maximum absolute atomic E-state index is 5.46. The highest BCUT2D eigenvalue weighted by Crippen LogP contribution is 2.31. The van der Waals surface area contributed by atoms with Crippen LogP contribution in [0.4, 0.5) is 0 Å². The first-order valence-electron chi connectivity index (χ1n) is 4.97. The monoisotopic (exact) mass is 192 g/mol. The van der Waals surface area contributed by atoms with Gasteiger partial charge in [-0.25, -0.2) is 0 Å². The zero-order valence-electron chi connectivity index (χ0n) is 8.75. The summed E-state index contributed by atoms with van der Waals surface area (Å²) in [5, 5.41) is 0. The Balaban J connectivity index is 2.28. The first kappa shape index (κ1) is 9.69. The Kier molecular flexibility index (Phi) is 2.57. The predicted octanol–water partition coefficient (Wildman–Crippen LogP) is 2.16. The molecule has 0 amide bonds. The Morgan fingerprint density at radius 2 is 1.71 bits per heavy atom. The summed E-state index contributed by atoms with van der Waals surface area (Å²) in [6.45, 7) is 0. The first-order valence-corrected chi connectivity index (χ1v) is 4.97. The lowest BCUT2D eigenvalue weighted by atomic mass is 9.87. The van der Waals surface area contributed by atoms with Crippen LogP contribution in [0.1, 0.15) is 17.5 Å². The molecule has 0 saturated carbocycles. The minimum atomic E-state index is -0.394. The molecule has 0 saturated heterocycles. The Hall–Kier alpha value is -0.860. The lowest BCUT2D eigenvalue weighted by molar-refractivity contribution is -0.212. The van der Waals surface area contributed by atoms with Crippen molar-refractivity contribution in [2.45, 2.75) is 25.0 Å². The van der Waals surface area contributed by atoms with Crippen molar-refractivity contribution < 1.29 is 9.47 Å². The summed E-state index contributed by atoms with van der Waals surface area (Å²) in [6.07, 6.45) is 2.84. The molecule has 0 aliphatic heterocycles. The maximum atomic E-state index is 5.46. The quantitative estimate of drug-likeness (QED) is 0.668. The smallest absolute Gasteiger partial charge is 0.171 e. The maximum Gasteiger partial charge on any atom is 0.171 e. The van der Waals surface area contributed by atoms with E-state index in [1.54, 1.807) is 14.2 Å². The zero-order valence-corrected chi connectivity index (χ0v) is 8.75. The Labute approximate surface area is 84.8 Å². The minimum Gasteiger partial charge on any atom is -0.353 e. The number of fused-ring (bicyclic) bond motifs is 1. The van der Waals surface area contributed by atoms with Crippen molar-refractivity contribution in [3.05, 3.63) is 35.4 Å². The molecule has 0 radical (unpaired) electrons. The largest absolute Gasteiger partial charge is 0.353 e. The average Bonchev–Trinajstić information content (AvgIpc) is 2.28. The molecule has 0 heterocycles. The molecule has 1 aliphatic carbocycles. The zero-order chi connectivity index (χ0) is 10.0. The van der Waals surface area contributed by atoms with Crippen LogP contribution in [0.25, 0.3) is 0 Å². The molecule has 0 aromatic heterocycles. The fraction of sp³-hybridized carbons (Fsp3) is 0.500. The molecule has 0 fully saturated rings. The summed E-state index contributed by atoms with van der Waals surface area (Å²) < 4.78 is 10.9. The molecule has 1 aromatic rings. The van der Waals surface area contributed by atoms with Gasteiger partial charge in [-0.1, -0.05) is 24.3 Å². The van der Waals surface area contributed by atoms with Gasteiger partial charge in [0.15, 0.2) is 5.79 Å². The van der Waals surface area contributed by atoms with Crippen molar-refractivity contribution in [2.24, 2.45) is 0 Å². The number of hydrogen-bond donors (Lipinski definition) is 0. The number of aryl methyl sites for hydroxylation is 1. The molecule has 2 heteroatoms. The van der Waals surface area contributed by atoms with Crippen molar-refractivity contribution in [1.29, 1.82) is 0 Å². The van der Waals surface area contributed by atoms with Crippen LogP contribution in [0.15, 0.2) is 24.3 Å². The fourth-order valence-corrected chi connectivity index (χ4v) is 2.11. The molecule has 2 nitrogen and oxygen atoms in total. The third-order valence-electron chi connectivity index (χ3n) is 3.10. The molecule has 0 bridgehead atoms. The third kappa shape index (κ3) is 1.56. The van der Waals surface area contributed by atoms with E-state index in [9.17, 15) is 0 Å². The molecule has 14 heavy (non-hydrogen) atoms. The van der Waals surface area contributed by atoms with Crippen LogP contribution < -0.4 is 0 Å².